The molecule has 1 saturated heterocycles. The van der Waals surface area contributed by atoms with Gasteiger partial charge in [-0.15, -0.1) is 0 Å². The second-order valence-corrected chi connectivity index (χ2v) is 6.72. The number of anilines is 1. The van der Waals surface area contributed by atoms with Gasteiger partial charge in [-0.1, -0.05) is 31.5 Å². The van der Waals surface area contributed by atoms with E-state index in [1.165, 1.54) is 6.07 Å². The topological polar surface area (TPSA) is 60.5 Å². The highest BCUT2D eigenvalue weighted by Crippen LogP contribution is 2.37. The third-order valence-corrected chi connectivity index (χ3v) is 4.91. The number of nitrogens with one attached hydrogen (secondary N) is 1. The quantitative estimate of drug-likeness (QED) is 0.744. The molecule has 1 amide bonds. The van der Waals surface area contributed by atoms with Gasteiger partial charge in [-0.2, -0.15) is 0 Å². The number of ether oxygens (including phenoxy) is 2. The van der Waals surface area contributed by atoms with Gasteiger partial charge in [0.15, 0.2) is 0 Å². The van der Waals surface area contributed by atoms with Gasteiger partial charge in [0.05, 0.1) is 23.9 Å². The van der Waals surface area contributed by atoms with E-state index >= 15 is 0 Å². The van der Waals surface area contributed by atoms with Crippen molar-refractivity contribution in [2.24, 2.45) is 0 Å². The molecule has 0 saturated carbocycles. The average Bonchev–Trinajstić information content (AvgIpc) is 2.70. The minimum absolute atomic E-state index is 0.239. The van der Waals surface area contributed by atoms with Crippen LogP contribution in [0.3, 0.4) is 0 Å². The lowest BCUT2D eigenvalue weighted by Gasteiger charge is -2.36. The molecule has 0 aliphatic carbocycles. The summed E-state index contributed by atoms with van der Waals surface area (Å²) in [6, 6.07) is 9.94. The Hall–Kier alpha value is -2.47. The lowest BCUT2D eigenvalue weighted by Crippen LogP contribution is -2.45. The van der Waals surface area contributed by atoms with Crippen molar-refractivity contribution in [2.45, 2.75) is 38.0 Å². The normalized spacial score (nSPS) is 15.9. The van der Waals surface area contributed by atoms with Crippen molar-refractivity contribution in [3.63, 3.8) is 0 Å². The van der Waals surface area contributed by atoms with Crippen molar-refractivity contribution >= 4 is 11.6 Å². The molecule has 5 nitrogen and oxygen atoms in total. The number of aromatic nitrogens is 1. The molecule has 1 aromatic heterocycles. The monoisotopic (exact) mass is 372 g/mol. The summed E-state index contributed by atoms with van der Waals surface area (Å²) >= 11 is 0. The number of carbonyl (C=O) groups excluding carboxylic acids is 1. The van der Waals surface area contributed by atoms with Gasteiger partial charge in [-0.3, -0.25) is 4.79 Å². The number of pyridine rings is 1. The molecule has 1 fully saturated rings. The Balaban J connectivity index is 1.76. The molecule has 0 unspecified atom stereocenters. The number of hydrogen-bond donors (Lipinski definition) is 1. The first kappa shape index (κ1) is 19.3. The summed E-state index contributed by atoms with van der Waals surface area (Å²) in [4.78, 5) is 17.4. The molecular weight excluding hydrogens is 347 g/mol. The second-order valence-electron chi connectivity index (χ2n) is 6.72. The van der Waals surface area contributed by atoms with Crippen molar-refractivity contribution in [1.29, 1.82) is 0 Å². The van der Waals surface area contributed by atoms with Crippen LogP contribution >= 0.6 is 0 Å². The second kappa shape index (κ2) is 8.95. The predicted octanol–water partition coefficient (Wildman–Crippen LogP) is 4.09. The van der Waals surface area contributed by atoms with Crippen LogP contribution in [0.25, 0.3) is 0 Å². The molecule has 0 radical (unpaired) electrons. The van der Waals surface area contributed by atoms with Gasteiger partial charge < -0.3 is 14.8 Å². The molecule has 144 valence electrons. The van der Waals surface area contributed by atoms with Crippen LogP contribution in [0.1, 0.15) is 38.2 Å². The molecule has 1 aliphatic heterocycles. The zero-order valence-corrected chi connectivity index (χ0v) is 15.5. The lowest BCUT2D eigenvalue weighted by atomic mass is 9.73. The van der Waals surface area contributed by atoms with Gasteiger partial charge in [-0.05, 0) is 31.4 Å². The number of unbranched alkanes of at least 4 members (excludes halogenated alkanes) is 1. The van der Waals surface area contributed by atoms with Gasteiger partial charge in [0.2, 0.25) is 11.8 Å². The third kappa shape index (κ3) is 4.45. The Kier molecular flexibility index (Phi) is 6.40. The summed E-state index contributed by atoms with van der Waals surface area (Å²) < 4.78 is 25.4. The van der Waals surface area contributed by atoms with Crippen molar-refractivity contribution in [3.8, 4) is 5.88 Å². The molecule has 1 aromatic carbocycles. The van der Waals surface area contributed by atoms with E-state index in [2.05, 4.69) is 17.2 Å². The standard InChI is InChI=1S/C21H25FN2O3/c1-2-3-12-27-19-9-8-16(15-23-19)24-20(25)21(10-13-26-14-11-21)17-6-4-5-7-18(17)22/h4-9,15H,2-3,10-14H2,1H3,(H,24,25). The van der Waals surface area contributed by atoms with Gasteiger partial charge in [-0.25, -0.2) is 9.37 Å². The molecule has 3 rings (SSSR count). The van der Waals surface area contributed by atoms with E-state index in [1.54, 1.807) is 36.5 Å². The van der Waals surface area contributed by atoms with Crippen molar-refractivity contribution in [3.05, 3.63) is 54.0 Å². The highest BCUT2D eigenvalue weighted by molar-refractivity contribution is 5.99. The lowest BCUT2D eigenvalue weighted by molar-refractivity contribution is -0.125. The first-order valence-corrected chi connectivity index (χ1v) is 9.39. The Bertz CT molecular complexity index is 758. The van der Waals surface area contributed by atoms with E-state index < -0.39 is 5.41 Å². The number of halogens is 1. The number of hydrogen-bond acceptors (Lipinski definition) is 4. The van der Waals surface area contributed by atoms with E-state index in [-0.39, 0.29) is 11.7 Å². The Labute approximate surface area is 158 Å². The minimum atomic E-state index is -0.945. The van der Waals surface area contributed by atoms with Crippen LogP contribution < -0.4 is 10.1 Å². The number of amides is 1. The number of carbonyl (C=O) groups is 1. The van der Waals surface area contributed by atoms with Gasteiger partial charge in [0.1, 0.15) is 5.82 Å². The number of rotatable bonds is 7. The van der Waals surface area contributed by atoms with Crippen LogP contribution in [0.4, 0.5) is 10.1 Å². The molecular formula is C21H25FN2O3. The SMILES string of the molecule is CCCCOc1ccc(NC(=O)C2(c3ccccc3F)CCOCC2)cn1. The number of nitrogens with zero attached hydrogens (tertiary/aromatic N) is 1. The summed E-state index contributed by atoms with van der Waals surface area (Å²) in [6.45, 7) is 3.55. The molecule has 1 N–H and O–H groups in total. The summed E-state index contributed by atoms with van der Waals surface area (Å²) in [7, 11) is 0. The van der Waals surface area contributed by atoms with Crippen LogP contribution in [-0.4, -0.2) is 30.7 Å². The molecule has 1 aliphatic rings. The number of benzene rings is 1. The van der Waals surface area contributed by atoms with E-state index in [0.717, 1.165) is 12.8 Å². The summed E-state index contributed by atoms with van der Waals surface area (Å²) in [5, 5.41) is 2.89. The molecule has 0 bridgehead atoms. The van der Waals surface area contributed by atoms with Crippen LogP contribution in [0.5, 0.6) is 5.88 Å². The highest BCUT2D eigenvalue weighted by Gasteiger charge is 2.43. The Morgan fingerprint density at radius 2 is 2.04 bits per heavy atom. The van der Waals surface area contributed by atoms with Gasteiger partial charge in [0, 0.05) is 24.8 Å². The zero-order valence-electron chi connectivity index (χ0n) is 15.5. The third-order valence-electron chi connectivity index (χ3n) is 4.91. The molecule has 27 heavy (non-hydrogen) atoms. The average molecular weight is 372 g/mol. The highest BCUT2D eigenvalue weighted by atomic mass is 19.1. The van der Waals surface area contributed by atoms with Crippen molar-refractivity contribution < 1.29 is 18.7 Å². The van der Waals surface area contributed by atoms with Crippen LogP contribution in [-0.2, 0) is 14.9 Å². The van der Waals surface area contributed by atoms with E-state index in [4.69, 9.17) is 9.47 Å². The Morgan fingerprint density at radius 1 is 1.26 bits per heavy atom. The summed E-state index contributed by atoms with van der Waals surface area (Å²) in [5.74, 6) is -0.0824. The minimum Gasteiger partial charge on any atom is -0.478 e. The molecule has 0 spiro atoms. The molecule has 2 heterocycles. The fourth-order valence-electron chi connectivity index (χ4n) is 3.30. The van der Waals surface area contributed by atoms with Crippen LogP contribution in [0, 0.1) is 5.82 Å². The molecule has 0 atom stereocenters. The van der Waals surface area contributed by atoms with E-state index in [9.17, 15) is 9.18 Å². The maximum absolute atomic E-state index is 14.5. The van der Waals surface area contributed by atoms with E-state index in [1.807, 2.05) is 0 Å². The summed E-state index contributed by atoms with van der Waals surface area (Å²) in [5.41, 5.74) is 0.0307. The fraction of sp³-hybridized carbons (Fsp3) is 0.429. The van der Waals surface area contributed by atoms with Crippen molar-refractivity contribution in [2.75, 3.05) is 25.1 Å². The Morgan fingerprint density at radius 3 is 2.70 bits per heavy atom. The zero-order chi connectivity index (χ0) is 19.1. The van der Waals surface area contributed by atoms with E-state index in [0.29, 0.717) is 49.8 Å². The smallest absolute Gasteiger partial charge is 0.235 e. The summed E-state index contributed by atoms with van der Waals surface area (Å²) in [6.07, 6.45) is 4.45. The maximum Gasteiger partial charge on any atom is 0.235 e. The predicted molar refractivity (Wildman–Crippen MR) is 101 cm³/mol. The first-order chi connectivity index (χ1) is 13.2. The molecule has 2 aromatic rings. The van der Waals surface area contributed by atoms with Crippen LogP contribution in [0.2, 0.25) is 0 Å². The van der Waals surface area contributed by atoms with Gasteiger partial charge >= 0.3 is 0 Å². The molecule has 6 heteroatoms. The maximum atomic E-state index is 14.5. The largest absolute Gasteiger partial charge is 0.478 e. The first-order valence-electron chi connectivity index (χ1n) is 9.39. The van der Waals surface area contributed by atoms with Gasteiger partial charge in [0.25, 0.3) is 0 Å². The van der Waals surface area contributed by atoms with Crippen LogP contribution in [0.15, 0.2) is 42.6 Å². The fourth-order valence-corrected chi connectivity index (χ4v) is 3.30. The van der Waals surface area contributed by atoms with Crippen molar-refractivity contribution in [1.82, 2.24) is 4.98 Å².